The smallest absolute Gasteiger partial charge is 0.226 e. The summed E-state index contributed by atoms with van der Waals surface area (Å²) in [4.78, 5) is 24.1. The molecule has 27 heavy (non-hydrogen) atoms. The topological polar surface area (TPSA) is 76.7 Å². The number of nitrogens with one attached hydrogen (secondary N) is 2. The van der Waals surface area contributed by atoms with Crippen molar-refractivity contribution in [3.63, 3.8) is 0 Å². The number of ether oxygens (including phenoxy) is 2. The van der Waals surface area contributed by atoms with Crippen LogP contribution in [0, 0.1) is 0 Å². The predicted molar refractivity (Wildman–Crippen MR) is 109 cm³/mol. The molecule has 0 aliphatic carbocycles. The highest BCUT2D eigenvalue weighted by Gasteiger charge is 2.19. The first-order chi connectivity index (χ1) is 12.8. The zero-order valence-corrected chi connectivity index (χ0v) is 17.5. The molecular weight excluding hydrogens is 436 g/mol. The Morgan fingerprint density at radius 1 is 1.11 bits per heavy atom. The number of anilines is 1. The minimum absolute atomic E-state index is 0.0496. The van der Waals surface area contributed by atoms with Crippen LogP contribution >= 0.6 is 27.5 Å². The van der Waals surface area contributed by atoms with Crippen LogP contribution in [0.4, 0.5) is 5.69 Å². The van der Waals surface area contributed by atoms with Crippen molar-refractivity contribution in [2.75, 3.05) is 19.5 Å². The van der Waals surface area contributed by atoms with E-state index < -0.39 is 6.04 Å². The molecule has 2 aromatic carbocycles. The first-order valence-electron chi connectivity index (χ1n) is 8.08. The average molecular weight is 456 g/mol. The van der Waals surface area contributed by atoms with Gasteiger partial charge in [-0.05, 0) is 23.8 Å². The molecule has 0 bridgehead atoms. The Kier molecular flexibility index (Phi) is 7.50. The molecule has 144 valence electrons. The molecule has 0 aliphatic heterocycles. The van der Waals surface area contributed by atoms with E-state index in [9.17, 15) is 9.59 Å². The van der Waals surface area contributed by atoms with Gasteiger partial charge in [-0.2, -0.15) is 0 Å². The number of hydrogen-bond donors (Lipinski definition) is 2. The van der Waals surface area contributed by atoms with Crippen molar-refractivity contribution in [1.29, 1.82) is 0 Å². The van der Waals surface area contributed by atoms with E-state index in [0.29, 0.717) is 22.2 Å². The normalized spacial score (nSPS) is 11.4. The Balaban J connectivity index is 2.19. The van der Waals surface area contributed by atoms with E-state index in [1.807, 2.05) is 24.3 Å². The molecule has 0 radical (unpaired) electrons. The fourth-order valence-electron chi connectivity index (χ4n) is 2.54. The Hall–Kier alpha value is -2.25. The fraction of sp³-hybridized carbons (Fsp3) is 0.263. The molecular formula is C19H20BrClN2O4. The van der Waals surface area contributed by atoms with Crippen molar-refractivity contribution >= 4 is 45.0 Å². The van der Waals surface area contributed by atoms with Crippen molar-refractivity contribution in [1.82, 2.24) is 5.32 Å². The average Bonchev–Trinajstić information content (AvgIpc) is 2.61. The van der Waals surface area contributed by atoms with Gasteiger partial charge in [-0.3, -0.25) is 9.59 Å². The van der Waals surface area contributed by atoms with Gasteiger partial charge in [0, 0.05) is 17.5 Å². The molecule has 6 nitrogen and oxygen atoms in total. The molecule has 1 atom stereocenters. The van der Waals surface area contributed by atoms with Crippen molar-refractivity contribution < 1.29 is 19.1 Å². The first kappa shape index (κ1) is 21.1. The number of rotatable bonds is 7. The van der Waals surface area contributed by atoms with E-state index in [2.05, 4.69) is 26.6 Å². The number of carbonyl (C=O) groups is 2. The summed E-state index contributed by atoms with van der Waals surface area (Å²) < 4.78 is 11.3. The number of carbonyl (C=O) groups excluding carboxylic acids is 2. The van der Waals surface area contributed by atoms with Crippen molar-refractivity contribution in [3.05, 3.63) is 51.5 Å². The molecule has 0 saturated carbocycles. The summed E-state index contributed by atoms with van der Waals surface area (Å²) in [5, 5.41) is 5.92. The van der Waals surface area contributed by atoms with Gasteiger partial charge in [0.2, 0.25) is 11.8 Å². The summed E-state index contributed by atoms with van der Waals surface area (Å²) in [6.45, 7) is 1.41. The van der Waals surface area contributed by atoms with E-state index in [-0.39, 0.29) is 18.2 Å². The fourth-order valence-corrected chi connectivity index (χ4v) is 3.04. The van der Waals surface area contributed by atoms with E-state index in [1.165, 1.54) is 21.1 Å². The maximum absolute atomic E-state index is 12.6. The maximum Gasteiger partial charge on any atom is 0.226 e. The van der Waals surface area contributed by atoms with Crippen LogP contribution in [0.2, 0.25) is 5.02 Å². The molecule has 0 heterocycles. The zero-order chi connectivity index (χ0) is 20.0. The molecule has 0 aliphatic rings. The molecule has 0 saturated heterocycles. The van der Waals surface area contributed by atoms with Gasteiger partial charge in [0.25, 0.3) is 0 Å². The number of halogens is 2. The monoisotopic (exact) mass is 454 g/mol. The Morgan fingerprint density at radius 3 is 2.30 bits per heavy atom. The third-order valence-corrected chi connectivity index (χ3v) is 4.61. The molecule has 0 spiro atoms. The Bertz CT molecular complexity index is 827. The molecule has 2 amide bonds. The second kappa shape index (κ2) is 9.62. The number of hydrogen-bond acceptors (Lipinski definition) is 4. The molecule has 0 fully saturated rings. The van der Waals surface area contributed by atoms with Gasteiger partial charge >= 0.3 is 0 Å². The van der Waals surface area contributed by atoms with Crippen molar-refractivity contribution in [2.24, 2.45) is 0 Å². The predicted octanol–water partition coefficient (Wildman–Crippen LogP) is 4.33. The minimum Gasteiger partial charge on any atom is -0.495 e. The molecule has 2 rings (SSSR count). The highest BCUT2D eigenvalue weighted by Crippen LogP contribution is 2.36. The highest BCUT2D eigenvalue weighted by molar-refractivity contribution is 9.10. The first-order valence-corrected chi connectivity index (χ1v) is 9.25. The van der Waals surface area contributed by atoms with Gasteiger partial charge in [0.1, 0.15) is 11.5 Å². The second-order valence-corrected chi connectivity index (χ2v) is 7.07. The van der Waals surface area contributed by atoms with Crippen LogP contribution in [0.1, 0.15) is 24.9 Å². The van der Waals surface area contributed by atoms with Gasteiger partial charge in [-0.15, -0.1) is 0 Å². The summed E-state index contributed by atoms with van der Waals surface area (Å²) in [6.07, 6.45) is 0.0496. The Morgan fingerprint density at radius 2 is 1.74 bits per heavy atom. The SMILES string of the molecule is COc1cc(OC)c(NC(=O)CC(NC(C)=O)c2ccc(Br)cc2)cc1Cl. The van der Waals surface area contributed by atoms with Crippen LogP contribution in [0.3, 0.4) is 0 Å². The standard InChI is InChI=1S/C19H20BrClN2O4/c1-11(24)22-15(12-4-6-13(20)7-5-12)9-19(25)23-16-8-14(21)17(26-2)10-18(16)27-3/h4-8,10,15H,9H2,1-3H3,(H,22,24)(H,23,25). The van der Waals surface area contributed by atoms with E-state index >= 15 is 0 Å². The third-order valence-electron chi connectivity index (χ3n) is 3.79. The van der Waals surface area contributed by atoms with Crippen LogP contribution < -0.4 is 20.1 Å². The maximum atomic E-state index is 12.6. The van der Waals surface area contributed by atoms with Crippen molar-refractivity contribution in [3.8, 4) is 11.5 Å². The lowest BCUT2D eigenvalue weighted by Gasteiger charge is -2.19. The van der Waals surface area contributed by atoms with E-state index in [4.69, 9.17) is 21.1 Å². The summed E-state index contributed by atoms with van der Waals surface area (Å²) in [5.41, 5.74) is 1.24. The lowest BCUT2D eigenvalue weighted by molar-refractivity contribution is -0.120. The van der Waals surface area contributed by atoms with Gasteiger partial charge in [0.15, 0.2) is 0 Å². The lowest BCUT2D eigenvalue weighted by Crippen LogP contribution is -2.29. The molecule has 1 unspecified atom stereocenters. The van der Waals surface area contributed by atoms with Gasteiger partial charge in [-0.25, -0.2) is 0 Å². The lowest BCUT2D eigenvalue weighted by atomic mass is 10.0. The van der Waals surface area contributed by atoms with Crippen LogP contribution in [0.5, 0.6) is 11.5 Å². The quantitative estimate of drug-likeness (QED) is 0.652. The summed E-state index contributed by atoms with van der Waals surface area (Å²) in [6, 6.07) is 10.1. The van der Waals surface area contributed by atoms with Crippen LogP contribution in [-0.4, -0.2) is 26.0 Å². The number of methoxy groups -OCH3 is 2. The molecule has 0 aromatic heterocycles. The third kappa shape index (κ3) is 5.87. The summed E-state index contributed by atoms with van der Waals surface area (Å²) in [5.74, 6) is 0.346. The van der Waals surface area contributed by atoms with Crippen LogP contribution in [0.25, 0.3) is 0 Å². The second-order valence-electron chi connectivity index (χ2n) is 5.74. The summed E-state index contributed by atoms with van der Waals surface area (Å²) in [7, 11) is 2.98. The largest absolute Gasteiger partial charge is 0.495 e. The number of amides is 2. The van der Waals surface area contributed by atoms with Gasteiger partial charge in [0.05, 0.1) is 37.4 Å². The van der Waals surface area contributed by atoms with E-state index in [0.717, 1.165) is 10.0 Å². The summed E-state index contributed by atoms with van der Waals surface area (Å²) >= 11 is 9.51. The van der Waals surface area contributed by atoms with Gasteiger partial charge < -0.3 is 20.1 Å². The zero-order valence-electron chi connectivity index (χ0n) is 15.1. The van der Waals surface area contributed by atoms with E-state index in [1.54, 1.807) is 12.1 Å². The van der Waals surface area contributed by atoms with Crippen LogP contribution in [-0.2, 0) is 9.59 Å². The highest BCUT2D eigenvalue weighted by atomic mass is 79.9. The van der Waals surface area contributed by atoms with Crippen molar-refractivity contribution in [2.45, 2.75) is 19.4 Å². The van der Waals surface area contributed by atoms with Gasteiger partial charge in [-0.1, -0.05) is 39.7 Å². The molecule has 2 N–H and O–H groups in total. The molecule has 8 heteroatoms. The molecule has 2 aromatic rings. The minimum atomic E-state index is -0.463. The Labute approximate surface area is 171 Å². The van der Waals surface area contributed by atoms with Crippen LogP contribution in [0.15, 0.2) is 40.9 Å². The number of benzene rings is 2.